The van der Waals surface area contributed by atoms with Crippen molar-refractivity contribution in [3.8, 4) is 5.75 Å². The standard InChI is InChI=1S/C18H22FN3O4S.ClH/c1-11(2)17(22-27(24,25)16-7-5-4-6-13(16)19)18(23)21-12-8-9-15(26-3)14(20)10-12;/h4-11,17,22H,20H2,1-3H3,(H,21,23);1H. The number of nitrogens with one attached hydrogen (secondary N) is 2. The Bertz CT molecular complexity index is 938. The summed E-state index contributed by atoms with van der Waals surface area (Å²) in [6.45, 7) is 3.35. The van der Waals surface area contributed by atoms with Crippen molar-refractivity contribution in [1.29, 1.82) is 0 Å². The summed E-state index contributed by atoms with van der Waals surface area (Å²) in [6.07, 6.45) is 0. The number of anilines is 2. The van der Waals surface area contributed by atoms with Crippen LogP contribution in [0.4, 0.5) is 15.8 Å². The Balaban J connectivity index is 0.00000392. The Labute approximate surface area is 169 Å². The number of methoxy groups -OCH3 is 1. The minimum Gasteiger partial charge on any atom is -0.495 e. The first kappa shape index (κ1) is 23.7. The highest BCUT2D eigenvalue weighted by atomic mass is 35.5. The second-order valence-electron chi connectivity index (χ2n) is 6.22. The van der Waals surface area contributed by atoms with Gasteiger partial charge in [0.15, 0.2) is 0 Å². The Kier molecular flexibility index (Phi) is 8.22. The SMILES string of the molecule is COc1ccc(NC(=O)C(NS(=O)(=O)c2ccccc2F)C(C)C)cc1N.Cl. The van der Waals surface area contributed by atoms with Crippen molar-refractivity contribution < 1.29 is 22.3 Å². The van der Waals surface area contributed by atoms with E-state index in [1.165, 1.54) is 25.3 Å². The summed E-state index contributed by atoms with van der Waals surface area (Å²) in [4.78, 5) is 12.1. The van der Waals surface area contributed by atoms with Crippen LogP contribution in [-0.2, 0) is 14.8 Å². The van der Waals surface area contributed by atoms with Gasteiger partial charge in [-0.2, -0.15) is 4.72 Å². The first-order valence-corrected chi connectivity index (χ1v) is 9.65. The van der Waals surface area contributed by atoms with Gasteiger partial charge in [-0.3, -0.25) is 4.79 Å². The van der Waals surface area contributed by atoms with Gasteiger partial charge in [0.2, 0.25) is 15.9 Å². The molecule has 10 heteroatoms. The van der Waals surface area contributed by atoms with E-state index in [1.807, 2.05) is 0 Å². The summed E-state index contributed by atoms with van der Waals surface area (Å²) in [6, 6.07) is 8.51. The highest BCUT2D eigenvalue weighted by Gasteiger charge is 2.30. The van der Waals surface area contributed by atoms with Crippen molar-refractivity contribution in [2.24, 2.45) is 5.92 Å². The highest BCUT2D eigenvalue weighted by Crippen LogP contribution is 2.25. The average molecular weight is 432 g/mol. The summed E-state index contributed by atoms with van der Waals surface area (Å²) in [7, 11) is -2.75. The Hall–Kier alpha value is -2.36. The van der Waals surface area contributed by atoms with Crippen LogP contribution in [-0.4, -0.2) is 27.5 Å². The van der Waals surface area contributed by atoms with Crippen LogP contribution in [0.25, 0.3) is 0 Å². The zero-order chi connectivity index (χ0) is 20.2. The molecule has 2 aromatic carbocycles. The fraction of sp³-hybridized carbons (Fsp3) is 0.278. The third kappa shape index (κ3) is 5.57. The number of nitrogen functional groups attached to an aromatic ring is 1. The van der Waals surface area contributed by atoms with E-state index in [0.717, 1.165) is 12.1 Å². The number of hydrogen-bond acceptors (Lipinski definition) is 5. The molecule has 0 aromatic heterocycles. The van der Waals surface area contributed by atoms with Gasteiger partial charge in [0.1, 0.15) is 22.5 Å². The Morgan fingerprint density at radius 2 is 1.82 bits per heavy atom. The molecule has 0 aliphatic carbocycles. The summed E-state index contributed by atoms with van der Waals surface area (Å²) >= 11 is 0. The number of benzene rings is 2. The quantitative estimate of drug-likeness (QED) is 0.584. The lowest BCUT2D eigenvalue weighted by Gasteiger charge is -2.22. The van der Waals surface area contributed by atoms with Crippen LogP contribution in [0.2, 0.25) is 0 Å². The van der Waals surface area contributed by atoms with Crippen molar-refractivity contribution in [1.82, 2.24) is 4.72 Å². The maximum absolute atomic E-state index is 13.9. The summed E-state index contributed by atoms with van der Waals surface area (Å²) in [5.41, 5.74) is 6.51. The van der Waals surface area contributed by atoms with Crippen LogP contribution in [0.1, 0.15) is 13.8 Å². The lowest BCUT2D eigenvalue weighted by molar-refractivity contribution is -0.118. The summed E-state index contributed by atoms with van der Waals surface area (Å²) in [5.74, 6) is -1.42. The number of halogens is 2. The maximum atomic E-state index is 13.9. The number of ether oxygens (including phenoxy) is 1. The first-order valence-electron chi connectivity index (χ1n) is 8.17. The average Bonchev–Trinajstić information content (AvgIpc) is 2.60. The number of nitrogens with two attached hydrogens (primary N) is 1. The second kappa shape index (κ2) is 9.72. The molecule has 154 valence electrons. The largest absolute Gasteiger partial charge is 0.495 e. The van der Waals surface area contributed by atoms with Crippen molar-refractivity contribution in [2.75, 3.05) is 18.2 Å². The van der Waals surface area contributed by atoms with Crippen molar-refractivity contribution in [3.05, 3.63) is 48.3 Å². The molecule has 1 atom stereocenters. The fourth-order valence-corrected chi connectivity index (χ4v) is 3.84. The molecule has 1 unspecified atom stereocenters. The second-order valence-corrected chi connectivity index (χ2v) is 7.90. The van der Waals surface area contributed by atoms with Crippen LogP contribution in [0.5, 0.6) is 5.75 Å². The number of rotatable bonds is 7. The predicted molar refractivity (Wildman–Crippen MR) is 109 cm³/mol. The number of amides is 1. The van der Waals surface area contributed by atoms with E-state index in [4.69, 9.17) is 10.5 Å². The molecular formula is C18H23ClFN3O4S. The van der Waals surface area contributed by atoms with Gasteiger partial charge < -0.3 is 15.8 Å². The van der Waals surface area contributed by atoms with Crippen molar-refractivity contribution in [2.45, 2.75) is 24.8 Å². The van der Waals surface area contributed by atoms with Crippen molar-refractivity contribution in [3.63, 3.8) is 0 Å². The van der Waals surface area contributed by atoms with Gasteiger partial charge in [-0.25, -0.2) is 12.8 Å². The van der Waals surface area contributed by atoms with E-state index in [0.29, 0.717) is 17.1 Å². The predicted octanol–water partition coefficient (Wildman–Crippen LogP) is 2.78. The fourth-order valence-electron chi connectivity index (χ4n) is 2.42. The molecule has 0 saturated carbocycles. The zero-order valence-electron chi connectivity index (χ0n) is 15.6. The summed E-state index contributed by atoms with van der Waals surface area (Å²) in [5, 5.41) is 2.61. The van der Waals surface area contributed by atoms with E-state index in [9.17, 15) is 17.6 Å². The molecule has 28 heavy (non-hydrogen) atoms. The first-order chi connectivity index (χ1) is 12.7. The number of hydrogen-bond donors (Lipinski definition) is 3. The molecular weight excluding hydrogens is 409 g/mol. The zero-order valence-corrected chi connectivity index (χ0v) is 17.2. The Morgan fingerprint density at radius 1 is 1.18 bits per heavy atom. The van der Waals surface area contributed by atoms with Gasteiger partial charge in [-0.05, 0) is 36.2 Å². The molecule has 1 amide bonds. The van der Waals surface area contributed by atoms with Gasteiger partial charge in [0, 0.05) is 5.69 Å². The monoisotopic (exact) mass is 431 g/mol. The maximum Gasteiger partial charge on any atom is 0.244 e. The molecule has 0 radical (unpaired) electrons. The Morgan fingerprint density at radius 3 is 2.36 bits per heavy atom. The van der Waals surface area contributed by atoms with Gasteiger partial charge in [-0.15, -0.1) is 12.4 Å². The molecule has 0 spiro atoms. The molecule has 0 heterocycles. The molecule has 0 fully saturated rings. The van der Waals surface area contributed by atoms with Gasteiger partial charge in [-0.1, -0.05) is 26.0 Å². The summed E-state index contributed by atoms with van der Waals surface area (Å²) < 4.78 is 46.2. The normalized spacial score (nSPS) is 12.2. The molecule has 0 bridgehead atoms. The van der Waals surface area contributed by atoms with E-state index < -0.39 is 32.7 Å². The lowest BCUT2D eigenvalue weighted by Crippen LogP contribution is -2.47. The number of carbonyl (C=O) groups excluding carboxylic acids is 1. The van der Waals surface area contributed by atoms with Gasteiger partial charge in [0.25, 0.3) is 0 Å². The number of carbonyl (C=O) groups is 1. The number of sulfonamides is 1. The van der Waals surface area contributed by atoms with Crippen LogP contribution < -0.4 is 20.5 Å². The molecule has 0 aliphatic rings. The van der Waals surface area contributed by atoms with E-state index in [-0.39, 0.29) is 18.3 Å². The van der Waals surface area contributed by atoms with Crippen LogP contribution in [0.3, 0.4) is 0 Å². The molecule has 0 aliphatic heterocycles. The van der Waals surface area contributed by atoms with Gasteiger partial charge in [0.05, 0.1) is 12.8 Å². The molecule has 2 aromatic rings. The molecule has 7 nitrogen and oxygen atoms in total. The van der Waals surface area contributed by atoms with E-state index in [1.54, 1.807) is 26.0 Å². The van der Waals surface area contributed by atoms with Gasteiger partial charge >= 0.3 is 0 Å². The third-order valence-electron chi connectivity index (χ3n) is 3.85. The van der Waals surface area contributed by atoms with E-state index in [2.05, 4.69) is 10.0 Å². The lowest BCUT2D eigenvalue weighted by atomic mass is 10.0. The highest BCUT2D eigenvalue weighted by molar-refractivity contribution is 7.89. The molecule has 4 N–H and O–H groups in total. The minimum atomic E-state index is -4.22. The van der Waals surface area contributed by atoms with Crippen LogP contribution in [0.15, 0.2) is 47.4 Å². The van der Waals surface area contributed by atoms with E-state index >= 15 is 0 Å². The topological polar surface area (TPSA) is 111 Å². The molecule has 2 rings (SSSR count). The smallest absolute Gasteiger partial charge is 0.244 e. The van der Waals surface area contributed by atoms with Crippen LogP contribution >= 0.6 is 12.4 Å². The molecule has 0 saturated heterocycles. The van der Waals surface area contributed by atoms with Crippen molar-refractivity contribution >= 4 is 39.7 Å². The van der Waals surface area contributed by atoms with Crippen LogP contribution in [0, 0.1) is 11.7 Å². The third-order valence-corrected chi connectivity index (χ3v) is 5.33. The minimum absolute atomic E-state index is 0.